The molecule has 2 heterocycles. The Morgan fingerprint density at radius 3 is 2.59 bits per heavy atom. The van der Waals surface area contributed by atoms with Crippen molar-refractivity contribution in [3.8, 4) is 28.6 Å². The first-order chi connectivity index (χ1) is 14.5. The molecule has 32 heavy (non-hydrogen) atoms. The maximum Gasteiger partial charge on any atom is 1.00 e. The third-order valence-corrected chi connectivity index (χ3v) is 5.43. The fourth-order valence-electron chi connectivity index (χ4n) is 3.54. The van der Waals surface area contributed by atoms with E-state index in [-0.39, 0.29) is 58.4 Å². The molecule has 0 saturated carbocycles. The van der Waals surface area contributed by atoms with Gasteiger partial charge in [-0.15, -0.1) is 0 Å². The second kappa shape index (κ2) is 8.90. The molecule has 0 aliphatic heterocycles. The predicted octanol–water partition coefficient (Wildman–Crippen LogP) is -0.608. The average Bonchev–Trinajstić information content (AvgIpc) is 3.23. The summed E-state index contributed by atoms with van der Waals surface area (Å²) in [7, 11) is -3.16. The van der Waals surface area contributed by atoms with Crippen molar-refractivity contribution >= 4 is 18.7 Å². The zero-order chi connectivity index (χ0) is 22.5. The molecule has 2 aromatic carbocycles. The van der Waals surface area contributed by atoms with Gasteiger partial charge >= 0.3 is 43.1 Å². The van der Waals surface area contributed by atoms with E-state index in [0.29, 0.717) is 11.3 Å². The van der Waals surface area contributed by atoms with Crippen molar-refractivity contribution in [2.24, 2.45) is 7.05 Å². The van der Waals surface area contributed by atoms with E-state index in [1.165, 1.54) is 10.6 Å². The zero-order valence-electron chi connectivity index (χ0n) is 17.9. The summed E-state index contributed by atoms with van der Waals surface area (Å²) >= 11 is 0. The summed E-state index contributed by atoms with van der Waals surface area (Å²) in [4.78, 5) is 32.8. The number of phosphoric ester groups is 1. The number of benzene rings is 2. The van der Waals surface area contributed by atoms with E-state index in [1.54, 1.807) is 19.9 Å². The van der Waals surface area contributed by atoms with Gasteiger partial charge in [-0.3, -0.25) is 4.57 Å². The van der Waals surface area contributed by atoms with Crippen molar-refractivity contribution < 1.29 is 53.5 Å². The number of H-pyrrole nitrogens is 1. The van der Waals surface area contributed by atoms with E-state index < -0.39 is 13.5 Å². The number of aromatic amines is 1. The second-order valence-electron chi connectivity index (χ2n) is 7.48. The molecule has 0 amide bonds. The number of nitrogens with zero attached hydrogens (tertiary/aromatic N) is 3. The number of rotatable bonds is 5. The van der Waals surface area contributed by atoms with E-state index >= 15 is 0 Å². The molecule has 162 valence electrons. The van der Waals surface area contributed by atoms with Crippen LogP contribution in [0.25, 0.3) is 28.0 Å². The topological polar surface area (TPSA) is 145 Å². The van der Waals surface area contributed by atoms with E-state index in [4.69, 9.17) is 4.89 Å². The summed E-state index contributed by atoms with van der Waals surface area (Å²) in [5.74, 6) is -0.651. The van der Waals surface area contributed by atoms with Gasteiger partial charge in [-0.25, -0.2) is 14.5 Å². The van der Waals surface area contributed by atoms with E-state index in [0.717, 1.165) is 17.0 Å². The Morgan fingerprint density at radius 1 is 1.22 bits per heavy atom. The molecular weight excluding hydrogens is 446 g/mol. The molecule has 10 nitrogen and oxygen atoms in total. The van der Waals surface area contributed by atoms with Crippen LogP contribution in [0.3, 0.4) is 0 Å². The molecule has 4 rings (SSSR count). The summed E-state index contributed by atoms with van der Waals surface area (Å²) in [5.41, 5.74) is 1.62. The fourth-order valence-corrected chi connectivity index (χ4v) is 3.95. The minimum absolute atomic E-state index is 0. The molecule has 0 radical (unpaired) electrons. The Labute approximate surface area is 205 Å². The fraction of sp³-hybridized carbons (Fsp3) is 0.200. The first-order valence-corrected chi connectivity index (χ1v) is 10.9. The standard InChI is InChI=1S/C20H21N4O6P.Na/c1-11(2)14-9-15(17(25)10-18(14)30-31(27,28)29)19-21-22-20(26)24(19)13-4-5-16-12(8-13)6-7-23(16)3;/h4-11,25H,1-3H3,(H,22,26)(H2,27,28,29);/q;+1/p-1. The van der Waals surface area contributed by atoms with Gasteiger partial charge in [-0.05, 0) is 41.8 Å². The van der Waals surface area contributed by atoms with Crippen LogP contribution in [0.5, 0.6) is 11.5 Å². The zero-order valence-corrected chi connectivity index (χ0v) is 20.8. The Hall–Kier alpha value is -2.33. The van der Waals surface area contributed by atoms with Crippen LogP contribution in [0.1, 0.15) is 25.3 Å². The molecule has 2 aromatic heterocycles. The Bertz CT molecular complexity index is 1400. The van der Waals surface area contributed by atoms with Crippen LogP contribution in [0.15, 0.2) is 47.4 Å². The monoisotopic (exact) mass is 466 g/mol. The van der Waals surface area contributed by atoms with Gasteiger partial charge in [-0.1, -0.05) is 13.8 Å². The van der Waals surface area contributed by atoms with Crippen molar-refractivity contribution in [1.82, 2.24) is 19.3 Å². The molecule has 4 aromatic rings. The van der Waals surface area contributed by atoms with Crippen molar-refractivity contribution in [1.29, 1.82) is 0 Å². The van der Waals surface area contributed by atoms with Gasteiger partial charge in [0.2, 0.25) is 0 Å². The molecule has 3 N–H and O–H groups in total. The van der Waals surface area contributed by atoms with Crippen LogP contribution in [0.4, 0.5) is 0 Å². The molecule has 1 atom stereocenters. The largest absolute Gasteiger partial charge is 1.00 e. The molecule has 0 bridgehead atoms. The van der Waals surface area contributed by atoms with Crippen LogP contribution >= 0.6 is 7.82 Å². The molecular formula is C20H20N4NaO6P. The van der Waals surface area contributed by atoms with Crippen LogP contribution < -0.4 is 44.7 Å². The van der Waals surface area contributed by atoms with Gasteiger partial charge < -0.3 is 24.0 Å². The summed E-state index contributed by atoms with van der Waals surface area (Å²) < 4.78 is 19.1. The quantitative estimate of drug-likeness (QED) is 0.263. The van der Waals surface area contributed by atoms with Crippen LogP contribution in [-0.4, -0.2) is 29.3 Å². The molecule has 0 saturated heterocycles. The summed E-state index contributed by atoms with van der Waals surface area (Å²) in [6, 6.07) is 9.94. The van der Waals surface area contributed by atoms with Gasteiger partial charge in [0.15, 0.2) is 5.82 Å². The van der Waals surface area contributed by atoms with Crippen molar-refractivity contribution in [3.63, 3.8) is 0 Å². The van der Waals surface area contributed by atoms with Gasteiger partial charge in [0, 0.05) is 30.2 Å². The van der Waals surface area contributed by atoms with Crippen LogP contribution in [0, 0.1) is 0 Å². The van der Waals surface area contributed by atoms with Crippen LogP contribution in [-0.2, 0) is 11.6 Å². The SMILES string of the molecule is CC(C)c1cc(-c2n[nH]c(=O)n2-c2ccc3c(ccn3C)c2)c(O)cc1OP(=O)([O-])O.[Na+]. The van der Waals surface area contributed by atoms with E-state index in [1.807, 2.05) is 36.0 Å². The average molecular weight is 466 g/mol. The van der Waals surface area contributed by atoms with Crippen molar-refractivity contribution in [3.05, 3.63) is 58.6 Å². The number of phenols is 1. The third kappa shape index (κ3) is 4.56. The van der Waals surface area contributed by atoms with Gasteiger partial charge in [0.25, 0.3) is 0 Å². The summed E-state index contributed by atoms with van der Waals surface area (Å²) in [6.07, 6.45) is 1.91. The second-order valence-corrected chi connectivity index (χ2v) is 8.60. The number of aryl methyl sites for hydroxylation is 1. The Kier molecular flexibility index (Phi) is 6.76. The van der Waals surface area contributed by atoms with Crippen molar-refractivity contribution in [2.75, 3.05) is 0 Å². The number of hydrogen-bond acceptors (Lipinski definition) is 6. The van der Waals surface area contributed by atoms with Gasteiger partial charge in [-0.2, -0.15) is 5.10 Å². The molecule has 0 aliphatic rings. The molecule has 0 spiro atoms. The van der Waals surface area contributed by atoms with Crippen LogP contribution in [0.2, 0.25) is 0 Å². The molecule has 12 heteroatoms. The maximum absolute atomic E-state index is 12.6. The molecule has 0 aliphatic carbocycles. The first kappa shape index (κ1) is 24.3. The molecule has 1 unspecified atom stereocenters. The maximum atomic E-state index is 12.6. The van der Waals surface area contributed by atoms with Gasteiger partial charge in [0.05, 0.1) is 11.3 Å². The normalized spacial score (nSPS) is 13.2. The smallest absolute Gasteiger partial charge is 0.746 e. The minimum atomic E-state index is -5.08. The number of hydrogen-bond donors (Lipinski definition) is 3. The first-order valence-electron chi connectivity index (χ1n) is 9.38. The summed E-state index contributed by atoms with van der Waals surface area (Å²) in [6.45, 7) is 3.58. The van der Waals surface area contributed by atoms with Gasteiger partial charge in [0.1, 0.15) is 11.5 Å². The van der Waals surface area contributed by atoms with E-state index in [2.05, 4.69) is 14.7 Å². The Balaban J connectivity index is 0.00000289. The molecule has 0 fully saturated rings. The minimum Gasteiger partial charge on any atom is -0.746 e. The number of phosphoric acid groups is 1. The number of phenolic OH excluding ortho intramolecular Hbond substituents is 1. The van der Waals surface area contributed by atoms with Crippen molar-refractivity contribution in [2.45, 2.75) is 19.8 Å². The Morgan fingerprint density at radius 2 is 1.94 bits per heavy atom. The predicted molar refractivity (Wildman–Crippen MR) is 112 cm³/mol. The number of fused-ring (bicyclic) bond motifs is 1. The van der Waals surface area contributed by atoms with E-state index in [9.17, 15) is 19.4 Å². The number of nitrogens with one attached hydrogen (secondary N) is 1. The summed E-state index contributed by atoms with van der Waals surface area (Å²) in [5, 5.41) is 18.0. The number of aromatic hydroxyl groups is 1. The third-order valence-electron chi connectivity index (χ3n) is 5.00. The number of aromatic nitrogens is 4.